The van der Waals surface area contributed by atoms with Crippen LogP contribution < -0.4 is 5.32 Å². The van der Waals surface area contributed by atoms with Gasteiger partial charge in [-0.25, -0.2) is 0 Å². The molecule has 2 aromatic rings. The number of likely N-dealkylation sites (tertiary alicyclic amines) is 1. The Labute approximate surface area is 156 Å². The van der Waals surface area contributed by atoms with Crippen molar-refractivity contribution >= 4 is 5.91 Å². The second-order valence-electron chi connectivity index (χ2n) is 7.46. The summed E-state index contributed by atoms with van der Waals surface area (Å²) in [5, 5.41) is 7.59. The molecule has 1 fully saturated rings. The lowest BCUT2D eigenvalue weighted by Crippen LogP contribution is -2.41. The van der Waals surface area contributed by atoms with Crippen molar-refractivity contribution in [3.05, 3.63) is 52.8 Å². The molecule has 0 radical (unpaired) electrons. The Bertz CT molecular complexity index is 745. The van der Waals surface area contributed by atoms with Crippen molar-refractivity contribution in [3.8, 4) is 0 Å². The number of rotatable bonds is 5. The summed E-state index contributed by atoms with van der Waals surface area (Å²) in [4.78, 5) is 14.8. The minimum Gasteiger partial charge on any atom is -0.348 e. The highest BCUT2D eigenvalue weighted by molar-refractivity contribution is 5.78. The topological polar surface area (TPSA) is 50.2 Å². The van der Waals surface area contributed by atoms with Crippen molar-refractivity contribution in [1.82, 2.24) is 20.0 Å². The number of benzene rings is 1. The van der Waals surface area contributed by atoms with Crippen molar-refractivity contribution in [3.63, 3.8) is 0 Å². The van der Waals surface area contributed by atoms with Gasteiger partial charge in [0.2, 0.25) is 5.91 Å². The van der Waals surface area contributed by atoms with Gasteiger partial charge in [-0.15, -0.1) is 0 Å². The molecule has 1 N–H and O–H groups in total. The average molecular weight is 354 g/mol. The summed E-state index contributed by atoms with van der Waals surface area (Å²) >= 11 is 0. The summed E-state index contributed by atoms with van der Waals surface area (Å²) < 4.78 is 1.88. The maximum absolute atomic E-state index is 12.5. The smallest absolute Gasteiger partial charge is 0.234 e. The van der Waals surface area contributed by atoms with E-state index in [1.807, 2.05) is 32.5 Å². The van der Waals surface area contributed by atoms with Crippen LogP contribution in [0.3, 0.4) is 0 Å². The first-order valence-corrected chi connectivity index (χ1v) is 9.52. The van der Waals surface area contributed by atoms with Gasteiger partial charge >= 0.3 is 0 Å². The molecule has 1 unspecified atom stereocenters. The molecule has 1 aliphatic heterocycles. The van der Waals surface area contributed by atoms with Crippen molar-refractivity contribution in [2.45, 2.75) is 45.6 Å². The van der Waals surface area contributed by atoms with Crippen LogP contribution in [0, 0.1) is 13.8 Å². The molecule has 1 aromatic carbocycles. The van der Waals surface area contributed by atoms with E-state index in [4.69, 9.17) is 0 Å². The van der Waals surface area contributed by atoms with Crippen LogP contribution in [0.25, 0.3) is 0 Å². The normalized spacial score (nSPS) is 17.2. The number of hydrogen-bond acceptors (Lipinski definition) is 3. The second kappa shape index (κ2) is 8.04. The monoisotopic (exact) mass is 354 g/mol. The van der Waals surface area contributed by atoms with Crippen LogP contribution in [-0.2, 0) is 11.8 Å². The van der Waals surface area contributed by atoms with E-state index in [-0.39, 0.29) is 11.9 Å². The maximum atomic E-state index is 12.5. The third kappa shape index (κ3) is 4.15. The summed E-state index contributed by atoms with van der Waals surface area (Å²) in [6.07, 6.45) is 2.24. The predicted molar refractivity (Wildman–Crippen MR) is 104 cm³/mol. The van der Waals surface area contributed by atoms with E-state index in [9.17, 15) is 4.79 Å². The third-order valence-corrected chi connectivity index (χ3v) is 5.60. The summed E-state index contributed by atoms with van der Waals surface area (Å²) in [5.74, 6) is 0.716. The van der Waals surface area contributed by atoms with E-state index in [1.54, 1.807) is 0 Å². The maximum Gasteiger partial charge on any atom is 0.234 e. The number of nitrogens with zero attached hydrogens (tertiary/aromatic N) is 3. The lowest BCUT2D eigenvalue weighted by atomic mass is 9.89. The van der Waals surface area contributed by atoms with E-state index in [0.29, 0.717) is 12.5 Å². The SMILES string of the molecule is Cc1nn(C)c(C)c1C(C)NC(=O)CN1CCC(c2ccccc2)CC1. The second-order valence-corrected chi connectivity index (χ2v) is 7.46. The van der Waals surface area contributed by atoms with Gasteiger partial charge in [0.25, 0.3) is 0 Å². The van der Waals surface area contributed by atoms with Crippen molar-refractivity contribution in [1.29, 1.82) is 0 Å². The number of aryl methyl sites for hydroxylation is 2. The molecule has 0 bridgehead atoms. The van der Waals surface area contributed by atoms with Gasteiger partial charge < -0.3 is 5.32 Å². The Morgan fingerprint density at radius 1 is 1.23 bits per heavy atom. The van der Waals surface area contributed by atoms with Gasteiger partial charge in [0.05, 0.1) is 18.3 Å². The minimum atomic E-state index is -0.0157. The highest BCUT2D eigenvalue weighted by Crippen LogP contribution is 2.27. The van der Waals surface area contributed by atoms with Crippen LogP contribution >= 0.6 is 0 Å². The lowest BCUT2D eigenvalue weighted by Gasteiger charge is -2.32. The highest BCUT2D eigenvalue weighted by atomic mass is 16.2. The fourth-order valence-corrected chi connectivity index (χ4v) is 4.13. The number of piperidine rings is 1. The molecule has 1 aromatic heterocycles. The zero-order chi connectivity index (χ0) is 18.7. The van der Waals surface area contributed by atoms with Gasteiger partial charge in [0.15, 0.2) is 0 Å². The summed E-state index contributed by atoms with van der Waals surface area (Å²) in [5.41, 5.74) is 4.65. The third-order valence-electron chi connectivity index (χ3n) is 5.60. The zero-order valence-electron chi connectivity index (χ0n) is 16.3. The van der Waals surface area contributed by atoms with Gasteiger partial charge in [0, 0.05) is 18.3 Å². The Balaban J connectivity index is 1.50. The Hall–Kier alpha value is -2.14. The fraction of sp³-hybridized carbons (Fsp3) is 0.524. The fourth-order valence-electron chi connectivity index (χ4n) is 4.13. The first-order chi connectivity index (χ1) is 12.5. The van der Waals surface area contributed by atoms with E-state index in [1.165, 1.54) is 5.56 Å². The molecule has 5 nitrogen and oxygen atoms in total. The molecule has 0 aliphatic carbocycles. The molecule has 0 spiro atoms. The Kier molecular flexibility index (Phi) is 5.77. The quantitative estimate of drug-likeness (QED) is 0.898. The van der Waals surface area contributed by atoms with Crippen LogP contribution in [0.1, 0.15) is 54.2 Å². The summed E-state index contributed by atoms with van der Waals surface area (Å²) in [7, 11) is 1.94. The van der Waals surface area contributed by atoms with Crippen molar-refractivity contribution in [2.24, 2.45) is 7.05 Å². The van der Waals surface area contributed by atoms with E-state index in [2.05, 4.69) is 45.6 Å². The molecule has 5 heteroatoms. The molecule has 1 atom stereocenters. The number of carbonyl (C=O) groups excluding carboxylic acids is 1. The van der Waals surface area contributed by atoms with Crippen LogP contribution in [-0.4, -0.2) is 40.2 Å². The van der Waals surface area contributed by atoms with Crippen LogP contribution in [0.2, 0.25) is 0 Å². The number of nitrogens with one attached hydrogen (secondary N) is 1. The van der Waals surface area contributed by atoms with Crippen molar-refractivity contribution < 1.29 is 4.79 Å². The molecule has 26 heavy (non-hydrogen) atoms. The Morgan fingerprint density at radius 3 is 2.46 bits per heavy atom. The molecular formula is C21H30N4O. The van der Waals surface area contributed by atoms with Crippen molar-refractivity contribution in [2.75, 3.05) is 19.6 Å². The molecular weight excluding hydrogens is 324 g/mol. The number of aromatic nitrogens is 2. The lowest BCUT2D eigenvalue weighted by molar-refractivity contribution is -0.123. The Morgan fingerprint density at radius 2 is 1.88 bits per heavy atom. The largest absolute Gasteiger partial charge is 0.348 e. The van der Waals surface area contributed by atoms with Crippen LogP contribution in [0.5, 0.6) is 0 Å². The van der Waals surface area contributed by atoms with Crippen LogP contribution in [0.15, 0.2) is 30.3 Å². The first kappa shape index (κ1) is 18.6. The first-order valence-electron chi connectivity index (χ1n) is 9.52. The van der Waals surface area contributed by atoms with E-state index >= 15 is 0 Å². The summed E-state index contributed by atoms with van der Waals surface area (Å²) in [6.45, 7) is 8.52. The average Bonchev–Trinajstić information content (AvgIpc) is 2.88. The number of hydrogen-bond donors (Lipinski definition) is 1. The molecule has 140 valence electrons. The molecule has 1 amide bonds. The standard InChI is InChI=1S/C21H30N4O/c1-15(21-16(2)23-24(4)17(21)3)22-20(26)14-25-12-10-19(11-13-25)18-8-6-5-7-9-18/h5-9,15,19H,10-14H2,1-4H3,(H,22,26). The molecule has 1 aliphatic rings. The highest BCUT2D eigenvalue weighted by Gasteiger charge is 2.23. The number of amides is 1. The van der Waals surface area contributed by atoms with Gasteiger partial charge in [-0.1, -0.05) is 30.3 Å². The van der Waals surface area contributed by atoms with E-state index < -0.39 is 0 Å². The van der Waals surface area contributed by atoms with Gasteiger partial charge in [0.1, 0.15) is 0 Å². The van der Waals surface area contributed by atoms with Gasteiger partial charge in [-0.05, 0) is 58.2 Å². The van der Waals surface area contributed by atoms with Gasteiger partial charge in [-0.2, -0.15) is 5.10 Å². The molecule has 2 heterocycles. The van der Waals surface area contributed by atoms with Crippen LogP contribution in [0.4, 0.5) is 0 Å². The van der Waals surface area contributed by atoms with E-state index in [0.717, 1.165) is 42.9 Å². The minimum absolute atomic E-state index is 0.0157. The number of carbonyl (C=O) groups is 1. The predicted octanol–water partition coefficient (Wildman–Crippen LogP) is 3.09. The van der Waals surface area contributed by atoms with Gasteiger partial charge in [-0.3, -0.25) is 14.4 Å². The summed E-state index contributed by atoms with van der Waals surface area (Å²) in [6, 6.07) is 10.7. The molecule has 3 rings (SSSR count). The zero-order valence-corrected chi connectivity index (χ0v) is 16.3. The molecule has 0 saturated carbocycles. The molecule has 1 saturated heterocycles.